The van der Waals surface area contributed by atoms with Gasteiger partial charge in [-0.1, -0.05) is 0 Å². The smallest absolute Gasteiger partial charge is 0.296 e. The molecule has 1 aromatic rings. The fraction of sp³-hybridized carbons (Fsp3) is 0.286. The first-order chi connectivity index (χ1) is 6.34. The highest BCUT2D eigenvalue weighted by molar-refractivity contribution is 5.41. The maximum Gasteiger partial charge on any atom is 0.419 e. The summed E-state index contributed by atoms with van der Waals surface area (Å²) in [5.41, 5.74) is -1.38. The number of anilines is 1. The molecule has 0 spiro atoms. The third-order valence-corrected chi connectivity index (χ3v) is 1.51. The average Bonchev–Trinajstić information content (AvgIpc) is 2.01. The van der Waals surface area contributed by atoms with Crippen molar-refractivity contribution in [3.8, 4) is 0 Å². The van der Waals surface area contributed by atoms with E-state index in [-0.39, 0.29) is 0 Å². The largest absolute Gasteiger partial charge is 0.419 e. The number of hydrazine groups is 1. The second-order valence-corrected chi connectivity index (χ2v) is 2.60. The van der Waals surface area contributed by atoms with E-state index >= 15 is 0 Å². The van der Waals surface area contributed by atoms with Crippen LogP contribution < -0.4 is 10.9 Å². The lowest BCUT2D eigenvalue weighted by atomic mass is 10.2. The highest BCUT2D eigenvalue weighted by Crippen LogP contribution is 2.33. The molecule has 0 aliphatic rings. The Morgan fingerprint density at radius 2 is 2.00 bits per heavy atom. The Balaban J connectivity index is 3.28. The van der Waals surface area contributed by atoms with Crippen molar-refractivity contribution in [2.75, 3.05) is 12.1 Å². The molecule has 0 amide bonds. The summed E-state index contributed by atoms with van der Waals surface area (Å²) in [5.74, 6) is 3.08. The van der Waals surface area contributed by atoms with Crippen LogP contribution in [0.15, 0.2) is 12.3 Å². The van der Waals surface area contributed by atoms with Crippen LogP contribution in [0.5, 0.6) is 0 Å². The maximum absolute atomic E-state index is 13.1. The molecule has 78 valence electrons. The van der Waals surface area contributed by atoms with Gasteiger partial charge in [0.1, 0.15) is 0 Å². The van der Waals surface area contributed by atoms with E-state index < -0.39 is 23.4 Å². The van der Waals surface area contributed by atoms with Gasteiger partial charge in [-0.05, 0) is 6.07 Å². The molecule has 1 aromatic heterocycles. The molecular weight excluding hydrogens is 202 g/mol. The second kappa shape index (κ2) is 3.41. The van der Waals surface area contributed by atoms with E-state index in [1.54, 1.807) is 0 Å². The second-order valence-electron chi connectivity index (χ2n) is 2.60. The fourth-order valence-corrected chi connectivity index (χ4v) is 0.898. The number of hydrogen-bond acceptors (Lipinski definition) is 3. The average molecular weight is 209 g/mol. The van der Waals surface area contributed by atoms with Crippen molar-refractivity contribution < 1.29 is 17.6 Å². The third kappa shape index (κ3) is 1.92. The standard InChI is InChI=1S/C7H7F4N3/c1-14(12)6-5(8)4(2-3-13-6)7(9,10)11/h2-3H,12H2,1H3. The lowest BCUT2D eigenvalue weighted by molar-refractivity contribution is -0.140. The number of aromatic nitrogens is 1. The van der Waals surface area contributed by atoms with Gasteiger partial charge in [0.05, 0.1) is 5.56 Å². The van der Waals surface area contributed by atoms with Crippen LogP contribution in [0.1, 0.15) is 5.56 Å². The van der Waals surface area contributed by atoms with Gasteiger partial charge in [0.2, 0.25) is 0 Å². The van der Waals surface area contributed by atoms with Gasteiger partial charge < -0.3 is 0 Å². The molecule has 0 atom stereocenters. The molecule has 0 fully saturated rings. The Labute approximate surface area is 77.1 Å². The molecule has 0 bridgehead atoms. The van der Waals surface area contributed by atoms with Crippen molar-refractivity contribution in [1.29, 1.82) is 0 Å². The number of pyridine rings is 1. The zero-order chi connectivity index (χ0) is 10.9. The van der Waals surface area contributed by atoms with E-state index in [1.807, 2.05) is 0 Å². The first-order valence-corrected chi connectivity index (χ1v) is 3.54. The van der Waals surface area contributed by atoms with Gasteiger partial charge in [-0.15, -0.1) is 0 Å². The molecule has 2 N–H and O–H groups in total. The van der Waals surface area contributed by atoms with E-state index in [0.717, 1.165) is 6.20 Å². The van der Waals surface area contributed by atoms with Crippen LogP contribution in [0.2, 0.25) is 0 Å². The summed E-state index contributed by atoms with van der Waals surface area (Å²) in [6, 6.07) is 0.558. The number of rotatable bonds is 1. The summed E-state index contributed by atoms with van der Waals surface area (Å²) < 4.78 is 49.6. The first kappa shape index (κ1) is 10.7. The summed E-state index contributed by atoms with van der Waals surface area (Å²) in [5, 5.41) is 0.685. The third-order valence-electron chi connectivity index (χ3n) is 1.51. The van der Waals surface area contributed by atoms with E-state index in [2.05, 4.69) is 4.98 Å². The molecule has 14 heavy (non-hydrogen) atoms. The molecule has 1 heterocycles. The van der Waals surface area contributed by atoms with Crippen molar-refractivity contribution in [2.24, 2.45) is 5.84 Å². The highest BCUT2D eigenvalue weighted by atomic mass is 19.4. The Hall–Kier alpha value is -1.37. The lowest BCUT2D eigenvalue weighted by Crippen LogP contribution is -2.28. The Morgan fingerprint density at radius 1 is 1.43 bits per heavy atom. The quantitative estimate of drug-likeness (QED) is 0.433. The molecule has 0 saturated carbocycles. The van der Waals surface area contributed by atoms with Gasteiger partial charge in [-0.25, -0.2) is 15.2 Å². The van der Waals surface area contributed by atoms with Gasteiger partial charge in [0.25, 0.3) is 0 Å². The van der Waals surface area contributed by atoms with Gasteiger partial charge in [-0.2, -0.15) is 13.2 Å². The minimum absolute atomic E-state index is 0.542. The summed E-state index contributed by atoms with van der Waals surface area (Å²) in [6.07, 6.45) is -3.89. The number of alkyl halides is 3. The van der Waals surface area contributed by atoms with Crippen molar-refractivity contribution in [3.05, 3.63) is 23.6 Å². The molecule has 3 nitrogen and oxygen atoms in total. The molecule has 1 rings (SSSR count). The van der Waals surface area contributed by atoms with Gasteiger partial charge >= 0.3 is 6.18 Å². The predicted octanol–water partition coefficient (Wildman–Crippen LogP) is 1.55. The molecule has 0 unspecified atom stereocenters. The SMILES string of the molecule is CN(N)c1nccc(C(F)(F)F)c1F. The molecule has 0 saturated heterocycles. The van der Waals surface area contributed by atoms with Crippen LogP contribution >= 0.6 is 0 Å². The van der Waals surface area contributed by atoms with E-state index in [4.69, 9.17) is 5.84 Å². The minimum atomic E-state index is -4.74. The molecular formula is C7H7F4N3. The van der Waals surface area contributed by atoms with Crippen LogP contribution in [0.4, 0.5) is 23.4 Å². The summed E-state index contributed by atoms with van der Waals surface area (Å²) in [7, 11) is 1.20. The molecule has 0 aromatic carbocycles. The Kier molecular flexibility index (Phi) is 2.61. The lowest BCUT2D eigenvalue weighted by Gasteiger charge is -2.14. The molecule has 7 heteroatoms. The molecule has 0 radical (unpaired) electrons. The van der Waals surface area contributed by atoms with Gasteiger partial charge in [0.15, 0.2) is 11.6 Å². The number of nitrogens with zero attached hydrogens (tertiary/aromatic N) is 2. The van der Waals surface area contributed by atoms with Crippen LogP contribution in [-0.4, -0.2) is 12.0 Å². The van der Waals surface area contributed by atoms with Gasteiger partial charge in [-0.3, -0.25) is 5.01 Å². The Morgan fingerprint density at radius 3 is 2.43 bits per heavy atom. The van der Waals surface area contributed by atoms with E-state index in [1.165, 1.54) is 7.05 Å². The van der Waals surface area contributed by atoms with Crippen LogP contribution in [0.25, 0.3) is 0 Å². The highest BCUT2D eigenvalue weighted by Gasteiger charge is 2.35. The van der Waals surface area contributed by atoms with Crippen molar-refractivity contribution in [2.45, 2.75) is 6.18 Å². The van der Waals surface area contributed by atoms with Crippen molar-refractivity contribution in [1.82, 2.24) is 4.98 Å². The topological polar surface area (TPSA) is 42.1 Å². The van der Waals surface area contributed by atoms with E-state index in [0.29, 0.717) is 11.1 Å². The fourth-order valence-electron chi connectivity index (χ4n) is 0.898. The van der Waals surface area contributed by atoms with Crippen molar-refractivity contribution in [3.63, 3.8) is 0 Å². The Bertz CT molecular complexity index is 334. The van der Waals surface area contributed by atoms with Crippen LogP contribution in [0, 0.1) is 5.82 Å². The monoisotopic (exact) mass is 209 g/mol. The zero-order valence-corrected chi connectivity index (χ0v) is 7.14. The molecule has 0 aliphatic carbocycles. The van der Waals surface area contributed by atoms with Crippen LogP contribution in [-0.2, 0) is 6.18 Å². The summed E-state index contributed by atoms with van der Waals surface area (Å²) in [4.78, 5) is 3.38. The normalized spacial score (nSPS) is 11.6. The summed E-state index contributed by atoms with van der Waals surface area (Å²) in [6.45, 7) is 0. The van der Waals surface area contributed by atoms with E-state index in [9.17, 15) is 17.6 Å². The van der Waals surface area contributed by atoms with Crippen molar-refractivity contribution >= 4 is 5.82 Å². The first-order valence-electron chi connectivity index (χ1n) is 3.54. The number of hydrogen-bond donors (Lipinski definition) is 1. The molecule has 0 aliphatic heterocycles. The zero-order valence-electron chi connectivity index (χ0n) is 7.14. The van der Waals surface area contributed by atoms with Crippen LogP contribution in [0.3, 0.4) is 0 Å². The minimum Gasteiger partial charge on any atom is -0.296 e. The maximum atomic E-state index is 13.1. The number of halogens is 4. The number of nitrogens with two attached hydrogens (primary N) is 1. The predicted molar refractivity (Wildman–Crippen MR) is 41.8 cm³/mol. The summed E-state index contributed by atoms with van der Waals surface area (Å²) >= 11 is 0. The van der Waals surface area contributed by atoms with Gasteiger partial charge in [0, 0.05) is 13.2 Å².